The van der Waals surface area contributed by atoms with Crippen molar-refractivity contribution >= 4 is 11.9 Å². The van der Waals surface area contributed by atoms with Gasteiger partial charge < -0.3 is 10.4 Å². The molecule has 114 valence electrons. The summed E-state index contributed by atoms with van der Waals surface area (Å²) < 4.78 is 0. The quantitative estimate of drug-likeness (QED) is 0.779. The fourth-order valence-corrected chi connectivity index (χ4v) is 3.83. The number of carbonyl (C=O) groups excluding carboxylic acids is 1. The van der Waals surface area contributed by atoms with Gasteiger partial charge in [0, 0.05) is 6.04 Å². The van der Waals surface area contributed by atoms with Crippen molar-refractivity contribution in [3.63, 3.8) is 0 Å². The molecule has 2 rings (SSSR count). The van der Waals surface area contributed by atoms with Crippen molar-refractivity contribution in [3.8, 4) is 0 Å². The third-order valence-electron chi connectivity index (χ3n) is 5.15. The second-order valence-corrected chi connectivity index (χ2v) is 6.53. The highest BCUT2D eigenvalue weighted by atomic mass is 16.4. The lowest BCUT2D eigenvalue weighted by Crippen LogP contribution is -2.43. The molecule has 20 heavy (non-hydrogen) atoms. The van der Waals surface area contributed by atoms with Crippen LogP contribution in [0.4, 0.5) is 0 Å². The number of rotatable bonds is 4. The topological polar surface area (TPSA) is 66.4 Å². The third kappa shape index (κ3) is 3.74. The molecule has 4 heteroatoms. The summed E-state index contributed by atoms with van der Waals surface area (Å²) >= 11 is 0. The Morgan fingerprint density at radius 3 is 2.15 bits per heavy atom. The van der Waals surface area contributed by atoms with Gasteiger partial charge in [-0.1, -0.05) is 32.1 Å². The molecular weight excluding hydrogens is 254 g/mol. The SMILES string of the molecule is C[C@@H](NC(=O)C1CCCC1C(=O)O)C1CCCCCC1. The van der Waals surface area contributed by atoms with Crippen molar-refractivity contribution in [2.75, 3.05) is 0 Å². The van der Waals surface area contributed by atoms with Gasteiger partial charge in [-0.05, 0) is 38.5 Å². The van der Waals surface area contributed by atoms with Crippen LogP contribution in [0.1, 0.15) is 64.7 Å². The first-order chi connectivity index (χ1) is 9.59. The molecule has 2 fully saturated rings. The van der Waals surface area contributed by atoms with Gasteiger partial charge in [-0.2, -0.15) is 0 Å². The Kier molecular flexibility index (Phi) is 5.44. The molecule has 0 heterocycles. The number of amides is 1. The maximum absolute atomic E-state index is 12.3. The summed E-state index contributed by atoms with van der Waals surface area (Å²) in [5, 5.41) is 12.3. The highest BCUT2D eigenvalue weighted by Crippen LogP contribution is 2.33. The highest BCUT2D eigenvalue weighted by Gasteiger charge is 2.38. The minimum Gasteiger partial charge on any atom is -0.481 e. The summed E-state index contributed by atoms with van der Waals surface area (Å²) in [6, 6.07) is 0.177. The lowest BCUT2D eigenvalue weighted by atomic mass is 9.91. The molecule has 2 saturated carbocycles. The van der Waals surface area contributed by atoms with Crippen LogP contribution < -0.4 is 5.32 Å². The minimum atomic E-state index is -0.815. The molecule has 2 aliphatic rings. The Labute approximate surface area is 121 Å². The van der Waals surface area contributed by atoms with Gasteiger partial charge >= 0.3 is 5.97 Å². The summed E-state index contributed by atoms with van der Waals surface area (Å²) in [6.07, 6.45) is 9.72. The average Bonchev–Trinajstić information content (AvgIpc) is 2.74. The summed E-state index contributed by atoms with van der Waals surface area (Å²) in [6.45, 7) is 2.08. The molecule has 3 atom stereocenters. The minimum absolute atomic E-state index is 0.0355. The molecule has 0 radical (unpaired) electrons. The largest absolute Gasteiger partial charge is 0.481 e. The van der Waals surface area contributed by atoms with Gasteiger partial charge in [-0.15, -0.1) is 0 Å². The van der Waals surface area contributed by atoms with Crippen LogP contribution in [0.3, 0.4) is 0 Å². The van der Waals surface area contributed by atoms with Crippen LogP contribution in [0.15, 0.2) is 0 Å². The second kappa shape index (κ2) is 7.09. The molecule has 2 unspecified atom stereocenters. The zero-order chi connectivity index (χ0) is 14.5. The molecule has 4 nitrogen and oxygen atoms in total. The van der Waals surface area contributed by atoms with Crippen LogP contribution in [0, 0.1) is 17.8 Å². The van der Waals surface area contributed by atoms with E-state index in [1.54, 1.807) is 0 Å². The Morgan fingerprint density at radius 1 is 0.950 bits per heavy atom. The number of carbonyl (C=O) groups is 2. The maximum Gasteiger partial charge on any atom is 0.307 e. The predicted octanol–water partition coefficient (Wildman–Crippen LogP) is 2.96. The fraction of sp³-hybridized carbons (Fsp3) is 0.875. The van der Waals surface area contributed by atoms with E-state index in [-0.39, 0.29) is 17.9 Å². The fourth-order valence-electron chi connectivity index (χ4n) is 3.83. The van der Waals surface area contributed by atoms with Crippen LogP contribution in [0.2, 0.25) is 0 Å². The molecule has 0 bridgehead atoms. The molecular formula is C16H27NO3. The zero-order valence-corrected chi connectivity index (χ0v) is 12.4. The Balaban J connectivity index is 1.88. The van der Waals surface area contributed by atoms with Gasteiger partial charge in [0.05, 0.1) is 11.8 Å². The van der Waals surface area contributed by atoms with Gasteiger partial charge in [0.2, 0.25) is 5.91 Å². The van der Waals surface area contributed by atoms with E-state index in [9.17, 15) is 14.7 Å². The number of hydrogen-bond acceptors (Lipinski definition) is 2. The molecule has 2 aliphatic carbocycles. The normalized spacial score (nSPS) is 29.6. The lowest BCUT2D eigenvalue weighted by Gasteiger charge is -2.26. The second-order valence-electron chi connectivity index (χ2n) is 6.53. The number of carboxylic acids is 1. The highest BCUT2D eigenvalue weighted by molar-refractivity contribution is 5.85. The van der Waals surface area contributed by atoms with E-state index in [0.717, 1.165) is 12.8 Å². The zero-order valence-electron chi connectivity index (χ0n) is 12.4. The van der Waals surface area contributed by atoms with Gasteiger partial charge in [-0.3, -0.25) is 9.59 Å². The maximum atomic E-state index is 12.3. The molecule has 2 N–H and O–H groups in total. The molecule has 0 aliphatic heterocycles. The van der Waals surface area contributed by atoms with E-state index in [1.165, 1.54) is 38.5 Å². The lowest BCUT2D eigenvalue weighted by molar-refractivity contribution is -0.146. The van der Waals surface area contributed by atoms with Gasteiger partial charge in [-0.25, -0.2) is 0 Å². The smallest absolute Gasteiger partial charge is 0.307 e. The van der Waals surface area contributed by atoms with E-state index >= 15 is 0 Å². The van der Waals surface area contributed by atoms with Gasteiger partial charge in [0.15, 0.2) is 0 Å². The summed E-state index contributed by atoms with van der Waals surface area (Å²) in [5.74, 6) is -1.08. The third-order valence-corrected chi connectivity index (χ3v) is 5.15. The van der Waals surface area contributed by atoms with Crippen molar-refractivity contribution in [3.05, 3.63) is 0 Å². The number of aliphatic carboxylic acids is 1. The van der Waals surface area contributed by atoms with E-state index in [0.29, 0.717) is 12.3 Å². The van der Waals surface area contributed by atoms with Crippen LogP contribution in [0.25, 0.3) is 0 Å². The van der Waals surface area contributed by atoms with E-state index < -0.39 is 11.9 Å². The first kappa shape index (κ1) is 15.3. The molecule has 0 saturated heterocycles. The Bertz CT molecular complexity index is 348. The van der Waals surface area contributed by atoms with Crippen LogP contribution >= 0.6 is 0 Å². The van der Waals surface area contributed by atoms with Crippen LogP contribution in [-0.4, -0.2) is 23.0 Å². The first-order valence-electron chi connectivity index (χ1n) is 8.12. The van der Waals surface area contributed by atoms with E-state index in [2.05, 4.69) is 12.2 Å². The molecule has 0 aromatic heterocycles. The van der Waals surface area contributed by atoms with Gasteiger partial charge in [0.1, 0.15) is 0 Å². The van der Waals surface area contributed by atoms with E-state index in [1.807, 2.05) is 0 Å². The molecule has 0 aromatic carbocycles. The monoisotopic (exact) mass is 281 g/mol. The molecule has 0 spiro atoms. The summed E-state index contributed by atoms with van der Waals surface area (Å²) in [4.78, 5) is 23.5. The van der Waals surface area contributed by atoms with Crippen LogP contribution in [-0.2, 0) is 9.59 Å². The predicted molar refractivity (Wildman–Crippen MR) is 77.3 cm³/mol. The Morgan fingerprint density at radius 2 is 1.55 bits per heavy atom. The molecule has 1 amide bonds. The number of nitrogens with one attached hydrogen (secondary N) is 1. The summed E-state index contributed by atoms with van der Waals surface area (Å²) in [7, 11) is 0. The van der Waals surface area contributed by atoms with Gasteiger partial charge in [0.25, 0.3) is 0 Å². The number of carboxylic acid groups (broad SMARTS) is 1. The van der Waals surface area contributed by atoms with Crippen molar-refractivity contribution in [2.24, 2.45) is 17.8 Å². The molecule has 0 aromatic rings. The Hall–Kier alpha value is -1.06. The number of hydrogen-bond donors (Lipinski definition) is 2. The average molecular weight is 281 g/mol. The standard InChI is InChI=1S/C16H27NO3/c1-11(12-7-4-2-3-5-8-12)17-15(18)13-9-6-10-14(13)16(19)20/h11-14H,2-10H2,1H3,(H,17,18)(H,19,20)/t11-,13?,14?/m1/s1. The van der Waals surface area contributed by atoms with E-state index in [4.69, 9.17) is 0 Å². The van der Waals surface area contributed by atoms with Crippen LogP contribution in [0.5, 0.6) is 0 Å². The van der Waals surface area contributed by atoms with Crippen molar-refractivity contribution < 1.29 is 14.7 Å². The summed E-state index contributed by atoms with van der Waals surface area (Å²) in [5.41, 5.74) is 0. The van der Waals surface area contributed by atoms with Crippen molar-refractivity contribution in [2.45, 2.75) is 70.8 Å². The van der Waals surface area contributed by atoms with Crippen molar-refractivity contribution in [1.29, 1.82) is 0 Å². The van der Waals surface area contributed by atoms with Crippen molar-refractivity contribution in [1.82, 2.24) is 5.32 Å². The first-order valence-corrected chi connectivity index (χ1v) is 8.12.